The van der Waals surface area contributed by atoms with E-state index in [0.29, 0.717) is 12.1 Å². The molecule has 152 valence electrons. The van der Waals surface area contributed by atoms with Gasteiger partial charge in [0.05, 0.1) is 24.9 Å². The number of fused-ring (bicyclic) bond motifs is 1. The predicted octanol–water partition coefficient (Wildman–Crippen LogP) is 2.99. The summed E-state index contributed by atoms with van der Waals surface area (Å²) in [5, 5.41) is 11.9. The third-order valence-electron chi connectivity index (χ3n) is 5.18. The molecule has 0 saturated heterocycles. The molecular weight excluding hydrogens is 375 g/mol. The number of rotatable bonds is 6. The molecule has 1 aliphatic rings. The molecule has 2 aromatic rings. The SMILES string of the molecule is CC(=O)N1CCc2ccccc2[C@@H]1CC(=O)N[C@@H](CC(=O)O)c1ccc(F)cc1. The van der Waals surface area contributed by atoms with E-state index in [9.17, 15) is 23.9 Å². The second kappa shape index (κ2) is 8.86. The van der Waals surface area contributed by atoms with E-state index in [1.807, 2.05) is 24.3 Å². The highest BCUT2D eigenvalue weighted by molar-refractivity contribution is 5.80. The van der Waals surface area contributed by atoms with Gasteiger partial charge in [-0.3, -0.25) is 14.4 Å². The molecule has 6 nitrogen and oxygen atoms in total. The first-order valence-corrected chi connectivity index (χ1v) is 9.46. The second-order valence-corrected chi connectivity index (χ2v) is 7.15. The van der Waals surface area contributed by atoms with Gasteiger partial charge >= 0.3 is 5.97 Å². The maximum atomic E-state index is 13.2. The molecule has 0 aromatic heterocycles. The van der Waals surface area contributed by atoms with Crippen molar-refractivity contribution in [3.63, 3.8) is 0 Å². The first-order valence-electron chi connectivity index (χ1n) is 9.46. The third kappa shape index (κ3) is 4.99. The van der Waals surface area contributed by atoms with Crippen LogP contribution in [-0.4, -0.2) is 34.3 Å². The largest absolute Gasteiger partial charge is 0.481 e. The van der Waals surface area contributed by atoms with Crippen molar-refractivity contribution < 1.29 is 23.9 Å². The first kappa shape index (κ1) is 20.5. The van der Waals surface area contributed by atoms with Crippen molar-refractivity contribution in [2.75, 3.05) is 6.54 Å². The number of hydrogen-bond donors (Lipinski definition) is 2. The van der Waals surface area contributed by atoms with Crippen molar-refractivity contribution in [1.82, 2.24) is 10.2 Å². The van der Waals surface area contributed by atoms with Crippen molar-refractivity contribution in [2.24, 2.45) is 0 Å². The van der Waals surface area contributed by atoms with Crippen molar-refractivity contribution in [3.05, 3.63) is 71.0 Å². The van der Waals surface area contributed by atoms with Gasteiger partial charge in [0, 0.05) is 13.5 Å². The lowest BCUT2D eigenvalue weighted by Gasteiger charge is -2.36. The zero-order valence-electron chi connectivity index (χ0n) is 16.1. The zero-order chi connectivity index (χ0) is 21.0. The lowest BCUT2D eigenvalue weighted by molar-refractivity contribution is -0.137. The fourth-order valence-corrected chi connectivity index (χ4v) is 3.80. The van der Waals surface area contributed by atoms with E-state index < -0.39 is 23.9 Å². The maximum Gasteiger partial charge on any atom is 0.305 e. The summed E-state index contributed by atoms with van der Waals surface area (Å²) in [5.41, 5.74) is 2.54. The lowest BCUT2D eigenvalue weighted by Crippen LogP contribution is -2.41. The van der Waals surface area contributed by atoms with Gasteiger partial charge in [-0.2, -0.15) is 0 Å². The summed E-state index contributed by atoms with van der Waals surface area (Å²) in [7, 11) is 0. The van der Waals surface area contributed by atoms with Gasteiger partial charge in [-0.25, -0.2) is 4.39 Å². The van der Waals surface area contributed by atoms with Crippen molar-refractivity contribution in [1.29, 1.82) is 0 Å². The Morgan fingerprint density at radius 2 is 1.86 bits per heavy atom. The summed E-state index contributed by atoms with van der Waals surface area (Å²) in [5.74, 6) is -2.00. The van der Waals surface area contributed by atoms with Crippen LogP contribution < -0.4 is 5.32 Å². The van der Waals surface area contributed by atoms with Crippen LogP contribution in [0, 0.1) is 5.82 Å². The van der Waals surface area contributed by atoms with Gasteiger partial charge in [-0.15, -0.1) is 0 Å². The normalized spacial score (nSPS) is 16.6. The molecule has 0 bridgehead atoms. The highest BCUT2D eigenvalue weighted by atomic mass is 19.1. The number of carbonyl (C=O) groups is 3. The monoisotopic (exact) mass is 398 g/mol. The molecule has 2 atom stereocenters. The van der Waals surface area contributed by atoms with Gasteiger partial charge in [0.2, 0.25) is 11.8 Å². The molecule has 0 aliphatic carbocycles. The van der Waals surface area contributed by atoms with Crippen LogP contribution in [0.15, 0.2) is 48.5 Å². The van der Waals surface area contributed by atoms with Crippen molar-refractivity contribution >= 4 is 17.8 Å². The number of aliphatic carboxylic acids is 1. The second-order valence-electron chi connectivity index (χ2n) is 7.15. The van der Waals surface area contributed by atoms with Crippen LogP contribution >= 0.6 is 0 Å². The van der Waals surface area contributed by atoms with E-state index in [2.05, 4.69) is 5.32 Å². The van der Waals surface area contributed by atoms with Crippen molar-refractivity contribution in [3.8, 4) is 0 Å². The van der Waals surface area contributed by atoms with Gasteiger partial charge < -0.3 is 15.3 Å². The van der Waals surface area contributed by atoms with E-state index in [4.69, 9.17) is 0 Å². The van der Waals surface area contributed by atoms with Crippen LogP contribution in [0.25, 0.3) is 0 Å². The summed E-state index contributed by atoms with van der Waals surface area (Å²) in [6.07, 6.45) is 0.425. The Hall–Kier alpha value is -3.22. The number of nitrogens with zero attached hydrogens (tertiary/aromatic N) is 1. The summed E-state index contributed by atoms with van der Waals surface area (Å²) >= 11 is 0. The summed E-state index contributed by atoms with van der Waals surface area (Å²) in [6, 6.07) is 11.9. The van der Waals surface area contributed by atoms with Gasteiger partial charge in [0.25, 0.3) is 0 Å². The van der Waals surface area contributed by atoms with Crippen LogP contribution in [0.1, 0.15) is 48.5 Å². The average Bonchev–Trinajstić information content (AvgIpc) is 2.67. The van der Waals surface area contributed by atoms with E-state index >= 15 is 0 Å². The van der Waals surface area contributed by atoms with Gasteiger partial charge in [-0.05, 0) is 35.2 Å². The number of hydrogen-bond acceptors (Lipinski definition) is 3. The Labute approximate surface area is 168 Å². The minimum absolute atomic E-state index is 0.0217. The highest BCUT2D eigenvalue weighted by Crippen LogP contribution is 2.32. The van der Waals surface area contributed by atoms with Crippen LogP contribution in [0.3, 0.4) is 0 Å². The molecule has 0 spiro atoms. The molecule has 2 N–H and O–H groups in total. The fraction of sp³-hybridized carbons (Fsp3) is 0.318. The minimum atomic E-state index is -1.08. The first-order chi connectivity index (χ1) is 13.8. The summed E-state index contributed by atoms with van der Waals surface area (Å²) in [4.78, 5) is 37.8. The minimum Gasteiger partial charge on any atom is -0.481 e. The Balaban J connectivity index is 1.80. The quantitative estimate of drug-likeness (QED) is 0.783. The lowest BCUT2D eigenvalue weighted by atomic mass is 9.90. The predicted molar refractivity (Wildman–Crippen MR) is 104 cm³/mol. The number of carbonyl (C=O) groups excluding carboxylic acids is 2. The molecule has 2 amide bonds. The average molecular weight is 398 g/mol. The van der Waals surface area contributed by atoms with Gasteiger partial charge in [0.1, 0.15) is 5.82 Å². The Morgan fingerprint density at radius 3 is 2.52 bits per heavy atom. The smallest absolute Gasteiger partial charge is 0.305 e. The molecular formula is C22H23FN2O4. The topological polar surface area (TPSA) is 86.7 Å². The van der Waals surface area contributed by atoms with E-state index in [1.54, 1.807) is 4.90 Å². The fourth-order valence-electron chi connectivity index (χ4n) is 3.80. The molecule has 0 unspecified atom stereocenters. The molecule has 7 heteroatoms. The summed E-state index contributed by atoms with van der Waals surface area (Å²) < 4.78 is 13.2. The standard InChI is InChI=1S/C22H23FN2O4/c1-14(26)25-11-10-15-4-2-3-5-18(15)20(25)13-21(27)24-19(12-22(28)29)16-6-8-17(23)9-7-16/h2-9,19-20H,10-13H2,1H3,(H,24,27)(H,28,29)/t19-,20-/m0/s1. The number of benzene rings is 2. The molecule has 0 saturated carbocycles. The molecule has 2 aromatic carbocycles. The molecule has 0 fully saturated rings. The molecule has 0 radical (unpaired) electrons. The number of nitrogens with one attached hydrogen (secondary N) is 1. The number of amides is 2. The van der Waals surface area contributed by atoms with E-state index in [1.165, 1.54) is 31.2 Å². The number of carboxylic acid groups (broad SMARTS) is 1. The molecule has 1 heterocycles. The number of carboxylic acids is 1. The van der Waals surface area contributed by atoms with Crippen molar-refractivity contribution in [2.45, 2.75) is 38.3 Å². The maximum absolute atomic E-state index is 13.2. The Morgan fingerprint density at radius 1 is 1.17 bits per heavy atom. The zero-order valence-corrected chi connectivity index (χ0v) is 16.1. The molecule has 29 heavy (non-hydrogen) atoms. The Bertz CT molecular complexity index is 913. The summed E-state index contributed by atoms with van der Waals surface area (Å²) in [6.45, 7) is 2.01. The highest BCUT2D eigenvalue weighted by Gasteiger charge is 2.31. The van der Waals surface area contributed by atoms with Crippen LogP contribution in [0.5, 0.6) is 0 Å². The van der Waals surface area contributed by atoms with Gasteiger partial charge in [0.15, 0.2) is 0 Å². The molecule has 1 aliphatic heterocycles. The van der Waals surface area contributed by atoms with Crippen LogP contribution in [0.4, 0.5) is 4.39 Å². The van der Waals surface area contributed by atoms with Crippen LogP contribution in [0.2, 0.25) is 0 Å². The Kier molecular flexibility index (Phi) is 6.26. The van der Waals surface area contributed by atoms with E-state index in [-0.39, 0.29) is 24.7 Å². The van der Waals surface area contributed by atoms with E-state index in [0.717, 1.165) is 17.5 Å². The van der Waals surface area contributed by atoms with Gasteiger partial charge in [-0.1, -0.05) is 36.4 Å². The number of halogens is 1. The molecule has 3 rings (SSSR count). The van der Waals surface area contributed by atoms with Crippen LogP contribution in [-0.2, 0) is 20.8 Å². The third-order valence-corrected chi connectivity index (χ3v) is 5.18.